The van der Waals surface area contributed by atoms with Gasteiger partial charge in [0, 0.05) is 17.8 Å². The lowest BCUT2D eigenvalue weighted by Crippen LogP contribution is -2.31. The zero-order chi connectivity index (χ0) is 14.0. The predicted molar refractivity (Wildman–Crippen MR) is 64.7 cm³/mol. The Kier molecular flexibility index (Phi) is 3.16. The average Bonchev–Trinajstić information content (AvgIpc) is 2.44. The standard InChI is InChI=1S/C12H9N3O4/c1-19-12(16)14-6-5-9-8(11(14)7-13)3-2-4-10(9)15(17)18/h2-6,11H,1H3/t11-/m1/s1. The smallest absolute Gasteiger partial charge is 0.414 e. The molecule has 0 radical (unpaired) electrons. The first kappa shape index (κ1) is 12.6. The lowest BCUT2D eigenvalue weighted by molar-refractivity contribution is -0.385. The molecule has 0 saturated carbocycles. The summed E-state index contributed by atoms with van der Waals surface area (Å²) in [5, 5.41) is 20.1. The van der Waals surface area contributed by atoms with E-state index in [1.165, 1.54) is 31.5 Å². The van der Waals surface area contributed by atoms with Crippen molar-refractivity contribution in [3.05, 3.63) is 45.6 Å². The molecule has 0 aliphatic carbocycles. The fraction of sp³-hybridized carbons (Fsp3) is 0.167. The molecule has 96 valence electrons. The highest BCUT2D eigenvalue weighted by molar-refractivity contribution is 5.76. The molecule has 0 N–H and O–H groups in total. The van der Waals surface area contributed by atoms with Crippen LogP contribution in [-0.4, -0.2) is 23.0 Å². The molecule has 2 rings (SSSR count). The monoisotopic (exact) mass is 259 g/mol. The molecule has 7 heteroatoms. The van der Waals surface area contributed by atoms with E-state index in [1.807, 2.05) is 6.07 Å². The molecule has 19 heavy (non-hydrogen) atoms. The first-order valence-corrected chi connectivity index (χ1v) is 5.31. The van der Waals surface area contributed by atoms with Crippen molar-refractivity contribution in [2.24, 2.45) is 0 Å². The highest BCUT2D eigenvalue weighted by Crippen LogP contribution is 2.35. The van der Waals surface area contributed by atoms with E-state index in [2.05, 4.69) is 4.74 Å². The van der Waals surface area contributed by atoms with Gasteiger partial charge in [-0.05, 0) is 6.08 Å². The number of nitriles is 1. The maximum Gasteiger partial charge on any atom is 0.414 e. The van der Waals surface area contributed by atoms with E-state index in [0.717, 1.165) is 4.90 Å². The maximum absolute atomic E-state index is 11.5. The molecule has 0 saturated heterocycles. The van der Waals surface area contributed by atoms with Crippen molar-refractivity contribution < 1.29 is 14.5 Å². The molecule has 0 aromatic heterocycles. The lowest BCUT2D eigenvalue weighted by Gasteiger charge is -2.26. The van der Waals surface area contributed by atoms with Crippen LogP contribution in [0.2, 0.25) is 0 Å². The fourth-order valence-corrected chi connectivity index (χ4v) is 1.94. The number of benzene rings is 1. The van der Waals surface area contributed by atoms with Gasteiger partial charge in [-0.3, -0.25) is 15.0 Å². The molecule has 1 amide bonds. The van der Waals surface area contributed by atoms with E-state index in [9.17, 15) is 20.2 Å². The summed E-state index contributed by atoms with van der Waals surface area (Å²) >= 11 is 0. The largest absolute Gasteiger partial charge is 0.452 e. The molecule has 0 spiro atoms. The van der Waals surface area contributed by atoms with E-state index in [4.69, 9.17) is 0 Å². The molecule has 0 fully saturated rings. The van der Waals surface area contributed by atoms with E-state index in [1.54, 1.807) is 6.07 Å². The number of hydrogen-bond donors (Lipinski definition) is 0. The van der Waals surface area contributed by atoms with Gasteiger partial charge in [0.25, 0.3) is 5.69 Å². The second kappa shape index (κ2) is 4.78. The minimum absolute atomic E-state index is 0.0986. The van der Waals surface area contributed by atoms with Crippen LogP contribution in [0.15, 0.2) is 24.4 Å². The Labute approximate surface area is 108 Å². The van der Waals surface area contributed by atoms with Crippen LogP contribution in [0, 0.1) is 21.4 Å². The maximum atomic E-state index is 11.5. The molecule has 1 aliphatic heterocycles. The quantitative estimate of drug-likeness (QED) is 0.569. The van der Waals surface area contributed by atoms with Crippen LogP contribution < -0.4 is 0 Å². The van der Waals surface area contributed by atoms with E-state index < -0.39 is 17.1 Å². The SMILES string of the molecule is COC(=O)N1C=Cc2c(cccc2[N+](=O)[O-])[C@H]1C#N. The number of nitro benzene ring substituents is 1. The highest BCUT2D eigenvalue weighted by Gasteiger charge is 2.31. The summed E-state index contributed by atoms with van der Waals surface area (Å²) in [6, 6.07) is 5.42. The number of carbonyl (C=O) groups is 1. The second-order valence-electron chi connectivity index (χ2n) is 3.76. The van der Waals surface area contributed by atoms with E-state index >= 15 is 0 Å². The minimum Gasteiger partial charge on any atom is -0.452 e. The van der Waals surface area contributed by atoms with Gasteiger partial charge in [0.15, 0.2) is 6.04 Å². The summed E-state index contributed by atoms with van der Waals surface area (Å²) in [5.41, 5.74) is 0.641. The van der Waals surface area contributed by atoms with E-state index in [-0.39, 0.29) is 5.69 Å². The van der Waals surface area contributed by atoms with Gasteiger partial charge in [-0.15, -0.1) is 0 Å². The summed E-state index contributed by atoms with van der Waals surface area (Å²) < 4.78 is 4.57. The van der Waals surface area contributed by atoms with Crippen molar-refractivity contribution in [3.8, 4) is 6.07 Å². The number of hydrogen-bond acceptors (Lipinski definition) is 5. The van der Waals surface area contributed by atoms with Crippen molar-refractivity contribution >= 4 is 17.9 Å². The molecule has 1 aromatic carbocycles. The van der Waals surface area contributed by atoms with Crippen molar-refractivity contribution in [1.82, 2.24) is 4.90 Å². The fourth-order valence-electron chi connectivity index (χ4n) is 1.94. The summed E-state index contributed by atoms with van der Waals surface area (Å²) in [6.45, 7) is 0. The molecular formula is C12H9N3O4. The Bertz CT molecular complexity index is 618. The number of carbonyl (C=O) groups excluding carboxylic acids is 1. The van der Waals surface area contributed by atoms with Crippen LogP contribution in [0.3, 0.4) is 0 Å². The zero-order valence-corrected chi connectivity index (χ0v) is 9.94. The normalized spacial score (nSPS) is 16.4. The molecule has 1 atom stereocenters. The Morgan fingerprint density at radius 2 is 2.32 bits per heavy atom. The van der Waals surface area contributed by atoms with Crippen LogP contribution in [0.25, 0.3) is 6.08 Å². The van der Waals surface area contributed by atoms with Gasteiger partial charge in [0.1, 0.15) is 0 Å². The molecule has 1 aliphatic rings. The molecular weight excluding hydrogens is 250 g/mol. The van der Waals surface area contributed by atoms with Crippen molar-refractivity contribution in [2.75, 3.05) is 7.11 Å². The van der Waals surface area contributed by atoms with Gasteiger partial charge in [-0.2, -0.15) is 5.26 Å². The van der Waals surface area contributed by atoms with Crippen molar-refractivity contribution in [2.45, 2.75) is 6.04 Å². The lowest BCUT2D eigenvalue weighted by atomic mass is 9.96. The van der Waals surface area contributed by atoms with Gasteiger partial charge in [-0.25, -0.2) is 4.79 Å². The molecule has 7 nitrogen and oxygen atoms in total. The number of rotatable bonds is 1. The van der Waals surface area contributed by atoms with Gasteiger partial charge < -0.3 is 4.74 Å². The summed E-state index contributed by atoms with van der Waals surface area (Å²) in [6.07, 6.45) is 2.05. The number of methoxy groups -OCH3 is 1. The summed E-state index contributed by atoms with van der Waals surface area (Å²) in [4.78, 5) is 23.0. The van der Waals surface area contributed by atoms with Gasteiger partial charge in [0.05, 0.1) is 23.7 Å². The van der Waals surface area contributed by atoms with Crippen LogP contribution in [0.1, 0.15) is 17.2 Å². The molecule has 0 unspecified atom stereocenters. The van der Waals surface area contributed by atoms with Crippen molar-refractivity contribution in [3.63, 3.8) is 0 Å². The van der Waals surface area contributed by atoms with Crippen LogP contribution in [-0.2, 0) is 4.74 Å². The van der Waals surface area contributed by atoms with Crippen LogP contribution in [0.5, 0.6) is 0 Å². The third kappa shape index (κ3) is 1.99. The predicted octanol–water partition coefficient (Wildman–Crippen LogP) is 2.21. The zero-order valence-electron chi connectivity index (χ0n) is 9.94. The first-order valence-electron chi connectivity index (χ1n) is 5.31. The molecule has 1 heterocycles. The Hall–Kier alpha value is -2.88. The molecule has 0 bridgehead atoms. The minimum atomic E-state index is -0.938. The van der Waals surface area contributed by atoms with Crippen LogP contribution >= 0.6 is 0 Å². The summed E-state index contributed by atoms with van der Waals surface area (Å²) in [7, 11) is 1.20. The molecule has 1 aromatic rings. The number of fused-ring (bicyclic) bond motifs is 1. The van der Waals surface area contributed by atoms with E-state index in [0.29, 0.717) is 11.1 Å². The number of nitro groups is 1. The average molecular weight is 259 g/mol. The van der Waals surface area contributed by atoms with Gasteiger partial charge in [-0.1, -0.05) is 12.1 Å². The Morgan fingerprint density at radius 1 is 1.58 bits per heavy atom. The number of amides is 1. The number of ether oxygens (including phenoxy) is 1. The summed E-state index contributed by atoms with van der Waals surface area (Å²) in [5.74, 6) is 0. The number of nitrogens with zero attached hydrogens (tertiary/aromatic N) is 3. The van der Waals surface area contributed by atoms with Crippen LogP contribution in [0.4, 0.5) is 10.5 Å². The first-order chi connectivity index (χ1) is 9.10. The Morgan fingerprint density at radius 3 is 2.89 bits per heavy atom. The second-order valence-corrected chi connectivity index (χ2v) is 3.76. The van der Waals surface area contributed by atoms with Gasteiger partial charge >= 0.3 is 6.09 Å². The third-order valence-corrected chi connectivity index (χ3v) is 2.80. The topological polar surface area (TPSA) is 96.5 Å². The van der Waals surface area contributed by atoms with Crippen molar-refractivity contribution in [1.29, 1.82) is 5.26 Å². The highest BCUT2D eigenvalue weighted by atomic mass is 16.6. The Balaban J connectivity index is 2.57. The third-order valence-electron chi connectivity index (χ3n) is 2.80. The van der Waals surface area contributed by atoms with Gasteiger partial charge in [0.2, 0.25) is 0 Å².